The second-order valence-corrected chi connectivity index (χ2v) is 5.85. The minimum absolute atomic E-state index is 0.130. The lowest BCUT2D eigenvalue weighted by atomic mass is 10.0. The summed E-state index contributed by atoms with van der Waals surface area (Å²) in [7, 11) is 4.73. The summed E-state index contributed by atoms with van der Waals surface area (Å²) in [6, 6.07) is 10.4. The average Bonchev–Trinajstić information content (AvgIpc) is 2.67. The minimum Gasteiger partial charge on any atom is -0.497 e. The summed E-state index contributed by atoms with van der Waals surface area (Å²) in [6.45, 7) is 0.415. The Bertz CT molecular complexity index is 793. The molecule has 0 radical (unpaired) electrons. The van der Waals surface area contributed by atoms with Crippen LogP contribution in [0.3, 0.4) is 0 Å². The number of anilines is 1. The largest absolute Gasteiger partial charge is 0.497 e. The average molecular weight is 358 g/mol. The Labute approximate surface area is 152 Å². The molecule has 1 aliphatic rings. The van der Waals surface area contributed by atoms with Gasteiger partial charge in [0.1, 0.15) is 18.1 Å². The molecule has 0 saturated heterocycles. The molecule has 7 heteroatoms. The van der Waals surface area contributed by atoms with Crippen LogP contribution in [-0.2, 0) is 6.42 Å². The third kappa shape index (κ3) is 3.93. The molecule has 1 atom stereocenters. The van der Waals surface area contributed by atoms with E-state index in [4.69, 9.17) is 18.9 Å². The van der Waals surface area contributed by atoms with E-state index in [1.165, 1.54) is 0 Å². The van der Waals surface area contributed by atoms with Crippen LogP contribution >= 0.6 is 0 Å². The molecule has 7 nitrogen and oxygen atoms in total. The van der Waals surface area contributed by atoms with Crippen molar-refractivity contribution in [3.63, 3.8) is 0 Å². The maximum Gasteiger partial charge on any atom is 0.319 e. The van der Waals surface area contributed by atoms with Gasteiger partial charge in [0.25, 0.3) is 0 Å². The maximum absolute atomic E-state index is 12.3. The second-order valence-electron chi connectivity index (χ2n) is 5.85. The van der Waals surface area contributed by atoms with Gasteiger partial charge in [-0.3, -0.25) is 0 Å². The van der Waals surface area contributed by atoms with Crippen molar-refractivity contribution < 1.29 is 23.7 Å². The van der Waals surface area contributed by atoms with Gasteiger partial charge in [-0.25, -0.2) is 4.79 Å². The lowest BCUT2D eigenvalue weighted by Gasteiger charge is -2.26. The standard InChI is InChI=1S/C19H22N2O5/c1-23-15-5-7-16-12(9-15)8-14(11-26-16)21-19(22)20-13-4-6-17(24-2)18(10-13)25-3/h4-7,9-10,14H,8,11H2,1-3H3,(H2,20,21,22)/t14-/m1/s1. The number of fused-ring (bicyclic) bond motifs is 1. The molecule has 138 valence electrons. The molecule has 2 aromatic carbocycles. The predicted octanol–water partition coefficient (Wildman–Crippen LogP) is 2.84. The summed E-state index contributed by atoms with van der Waals surface area (Å²) >= 11 is 0. The van der Waals surface area contributed by atoms with E-state index < -0.39 is 0 Å². The van der Waals surface area contributed by atoms with Gasteiger partial charge >= 0.3 is 6.03 Å². The van der Waals surface area contributed by atoms with E-state index in [1.54, 1.807) is 39.5 Å². The Hall–Kier alpha value is -3.09. The van der Waals surface area contributed by atoms with E-state index in [9.17, 15) is 4.79 Å². The van der Waals surface area contributed by atoms with Crippen molar-refractivity contribution in [2.45, 2.75) is 12.5 Å². The van der Waals surface area contributed by atoms with E-state index in [0.717, 1.165) is 17.1 Å². The van der Waals surface area contributed by atoms with Crippen molar-refractivity contribution in [1.29, 1.82) is 0 Å². The zero-order chi connectivity index (χ0) is 18.5. The van der Waals surface area contributed by atoms with Gasteiger partial charge in [0.15, 0.2) is 11.5 Å². The number of nitrogens with one attached hydrogen (secondary N) is 2. The van der Waals surface area contributed by atoms with Crippen LogP contribution in [0.25, 0.3) is 0 Å². The summed E-state index contributed by atoms with van der Waals surface area (Å²) in [5.41, 5.74) is 1.62. The highest BCUT2D eigenvalue weighted by molar-refractivity contribution is 5.90. The van der Waals surface area contributed by atoms with Crippen LogP contribution in [0.15, 0.2) is 36.4 Å². The van der Waals surface area contributed by atoms with Crippen LogP contribution in [0.2, 0.25) is 0 Å². The van der Waals surface area contributed by atoms with Crippen molar-refractivity contribution in [2.24, 2.45) is 0 Å². The van der Waals surface area contributed by atoms with Gasteiger partial charge in [-0.1, -0.05) is 0 Å². The van der Waals surface area contributed by atoms with Crippen molar-refractivity contribution in [2.75, 3.05) is 33.3 Å². The smallest absolute Gasteiger partial charge is 0.319 e. The predicted molar refractivity (Wildman–Crippen MR) is 97.7 cm³/mol. The monoisotopic (exact) mass is 358 g/mol. The number of carbonyl (C=O) groups excluding carboxylic acids is 1. The number of benzene rings is 2. The van der Waals surface area contributed by atoms with E-state index in [1.807, 2.05) is 18.2 Å². The molecule has 0 unspecified atom stereocenters. The molecular formula is C19H22N2O5. The number of urea groups is 1. The van der Waals surface area contributed by atoms with Crippen molar-refractivity contribution in [1.82, 2.24) is 5.32 Å². The van der Waals surface area contributed by atoms with Gasteiger partial charge in [0.05, 0.1) is 27.4 Å². The number of amides is 2. The third-order valence-corrected chi connectivity index (χ3v) is 4.15. The summed E-state index contributed by atoms with van der Waals surface area (Å²) in [4.78, 5) is 12.3. The molecule has 0 aromatic heterocycles. The fourth-order valence-corrected chi connectivity index (χ4v) is 2.86. The molecule has 1 aliphatic heterocycles. The first-order valence-corrected chi connectivity index (χ1v) is 8.22. The zero-order valence-corrected chi connectivity index (χ0v) is 15.0. The Balaban J connectivity index is 1.62. The lowest BCUT2D eigenvalue weighted by molar-refractivity contribution is 0.222. The molecular weight excluding hydrogens is 336 g/mol. The van der Waals surface area contributed by atoms with Gasteiger partial charge in [-0.05, 0) is 42.3 Å². The number of carbonyl (C=O) groups is 1. The highest BCUT2D eigenvalue weighted by atomic mass is 16.5. The van der Waals surface area contributed by atoms with Crippen LogP contribution in [0.4, 0.5) is 10.5 Å². The molecule has 2 amide bonds. The summed E-state index contributed by atoms with van der Waals surface area (Å²) < 4.78 is 21.4. The van der Waals surface area contributed by atoms with Gasteiger partial charge in [-0.15, -0.1) is 0 Å². The van der Waals surface area contributed by atoms with Crippen LogP contribution < -0.4 is 29.6 Å². The van der Waals surface area contributed by atoms with E-state index in [2.05, 4.69) is 10.6 Å². The number of hydrogen-bond acceptors (Lipinski definition) is 5. The molecule has 26 heavy (non-hydrogen) atoms. The topological polar surface area (TPSA) is 78.1 Å². The molecule has 0 aliphatic carbocycles. The molecule has 2 aromatic rings. The summed E-state index contributed by atoms with van der Waals surface area (Å²) in [5, 5.41) is 5.72. The summed E-state index contributed by atoms with van der Waals surface area (Å²) in [6.07, 6.45) is 0.673. The van der Waals surface area contributed by atoms with E-state index in [0.29, 0.717) is 30.2 Å². The van der Waals surface area contributed by atoms with Crippen LogP contribution in [0, 0.1) is 0 Å². The fourth-order valence-electron chi connectivity index (χ4n) is 2.86. The van der Waals surface area contributed by atoms with E-state index in [-0.39, 0.29) is 12.1 Å². The van der Waals surface area contributed by atoms with Gasteiger partial charge in [0, 0.05) is 11.8 Å². The van der Waals surface area contributed by atoms with Crippen LogP contribution in [0.5, 0.6) is 23.0 Å². The van der Waals surface area contributed by atoms with Crippen molar-refractivity contribution in [3.8, 4) is 23.0 Å². The maximum atomic E-state index is 12.3. The zero-order valence-electron chi connectivity index (χ0n) is 15.0. The molecule has 2 N–H and O–H groups in total. The first-order valence-electron chi connectivity index (χ1n) is 8.22. The molecule has 3 rings (SSSR count). The van der Waals surface area contributed by atoms with Crippen molar-refractivity contribution in [3.05, 3.63) is 42.0 Å². The molecule has 0 fully saturated rings. The van der Waals surface area contributed by atoms with Crippen molar-refractivity contribution >= 4 is 11.7 Å². The first-order chi connectivity index (χ1) is 12.6. The van der Waals surface area contributed by atoms with Crippen LogP contribution in [-0.4, -0.2) is 40.0 Å². The van der Waals surface area contributed by atoms with Gasteiger partial charge < -0.3 is 29.6 Å². The second kappa shape index (κ2) is 7.86. The number of hydrogen-bond donors (Lipinski definition) is 2. The minimum atomic E-state index is -0.308. The highest BCUT2D eigenvalue weighted by Crippen LogP contribution is 2.30. The molecule has 1 heterocycles. The molecule has 0 saturated carbocycles. The fraction of sp³-hybridized carbons (Fsp3) is 0.316. The summed E-state index contributed by atoms with van der Waals surface area (Å²) in [5.74, 6) is 2.74. The Morgan fingerprint density at radius 1 is 1.04 bits per heavy atom. The van der Waals surface area contributed by atoms with Crippen LogP contribution in [0.1, 0.15) is 5.56 Å². The normalized spacial score (nSPS) is 15.3. The Morgan fingerprint density at radius 3 is 2.58 bits per heavy atom. The number of ether oxygens (including phenoxy) is 4. The third-order valence-electron chi connectivity index (χ3n) is 4.15. The Kier molecular flexibility index (Phi) is 5.36. The lowest BCUT2D eigenvalue weighted by Crippen LogP contribution is -2.44. The first kappa shape index (κ1) is 17.7. The Morgan fingerprint density at radius 2 is 1.85 bits per heavy atom. The molecule has 0 bridgehead atoms. The quantitative estimate of drug-likeness (QED) is 0.859. The van der Waals surface area contributed by atoms with E-state index >= 15 is 0 Å². The number of rotatable bonds is 5. The number of methoxy groups -OCH3 is 3. The SMILES string of the molecule is COc1ccc2c(c1)C[C@@H](NC(=O)Nc1ccc(OC)c(OC)c1)CO2. The van der Waals surface area contributed by atoms with Gasteiger partial charge in [0.2, 0.25) is 0 Å². The highest BCUT2D eigenvalue weighted by Gasteiger charge is 2.22. The van der Waals surface area contributed by atoms with Gasteiger partial charge in [-0.2, -0.15) is 0 Å². The molecule has 0 spiro atoms.